The second-order valence-electron chi connectivity index (χ2n) is 7.32. The Balaban J connectivity index is 2.29. The molecule has 2 aromatic rings. The number of likely N-dealkylation sites (N-methyl/N-ethyl adjacent to an activating group) is 1. The number of nitrogens with one attached hydrogen (secondary N) is 1. The van der Waals surface area contributed by atoms with Crippen LogP contribution in [0.4, 0.5) is 0 Å². The zero-order chi connectivity index (χ0) is 20.7. The monoisotopic (exact) mass is 403 g/mol. The molecular weight excluding hydrogens is 374 g/mol. The highest BCUT2D eigenvalue weighted by Gasteiger charge is 2.20. The van der Waals surface area contributed by atoms with E-state index in [9.17, 15) is 13.2 Å². The van der Waals surface area contributed by atoms with Gasteiger partial charge in [-0.1, -0.05) is 36.4 Å². The number of amides is 1. The summed E-state index contributed by atoms with van der Waals surface area (Å²) in [6.07, 6.45) is 0. The predicted octanol–water partition coefficient (Wildman–Crippen LogP) is 2.58. The summed E-state index contributed by atoms with van der Waals surface area (Å²) in [4.78, 5) is 17.0. The highest BCUT2D eigenvalue weighted by Crippen LogP contribution is 2.15. The fourth-order valence-electron chi connectivity index (χ4n) is 2.73. The SMILES string of the molecule is CC(C)NS(=O)(=O)c1cccc(C(=O)N(CCN(C)C)Cc2ccccc2)c1. The summed E-state index contributed by atoms with van der Waals surface area (Å²) < 4.78 is 27.5. The Labute approximate surface area is 168 Å². The van der Waals surface area contributed by atoms with Crippen molar-refractivity contribution in [1.82, 2.24) is 14.5 Å². The molecule has 7 heteroatoms. The number of carbonyl (C=O) groups excluding carboxylic acids is 1. The van der Waals surface area contributed by atoms with Crippen molar-refractivity contribution in [2.75, 3.05) is 27.2 Å². The Hall–Kier alpha value is -2.22. The van der Waals surface area contributed by atoms with Crippen LogP contribution in [0.15, 0.2) is 59.5 Å². The van der Waals surface area contributed by atoms with Crippen molar-refractivity contribution in [1.29, 1.82) is 0 Å². The Kier molecular flexibility index (Phi) is 7.74. The summed E-state index contributed by atoms with van der Waals surface area (Å²) in [5.41, 5.74) is 1.39. The molecule has 0 aliphatic heterocycles. The lowest BCUT2D eigenvalue weighted by molar-refractivity contribution is 0.0731. The van der Waals surface area contributed by atoms with Crippen LogP contribution in [0.3, 0.4) is 0 Å². The van der Waals surface area contributed by atoms with Gasteiger partial charge in [0.25, 0.3) is 5.91 Å². The summed E-state index contributed by atoms with van der Waals surface area (Å²) in [6, 6.07) is 15.8. The average Bonchev–Trinajstić information content (AvgIpc) is 2.64. The van der Waals surface area contributed by atoms with E-state index in [0.29, 0.717) is 25.2 Å². The molecule has 1 amide bonds. The molecule has 0 saturated carbocycles. The number of sulfonamides is 1. The lowest BCUT2D eigenvalue weighted by Gasteiger charge is -2.25. The molecule has 0 spiro atoms. The van der Waals surface area contributed by atoms with Crippen LogP contribution < -0.4 is 4.72 Å². The van der Waals surface area contributed by atoms with Crippen molar-refractivity contribution in [2.45, 2.75) is 31.3 Å². The summed E-state index contributed by atoms with van der Waals surface area (Å²) in [7, 11) is 0.254. The van der Waals surface area contributed by atoms with Gasteiger partial charge in [-0.05, 0) is 51.7 Å². The van der Waals surface area contributed by atoms with Gasteiger partial charge in [0.2, 0.25) is 10.0 Å². The molecule has 0 aliphatic rings. The molecule has 0 fully saturated rings. The van der Waals surface area contributed by atoms with Gasteiger partial charge in [-0.2, -0.15) is 0 Å². The van der Waals surface area contributed by atoms with Crippen LogP contribution in [0, 0.1) is 0 Å². The number of hydrogen-bond acceptors (Lipinski definition) is 4. The van der Waals surface area contributed by atoms with Gasteiger partial charge in [0.15, 0.2) is 0 Å². The lowest BCUT2D eigenvalue weighted by Crippen LogP contribution is -2.36. The Morgan fingerprint density at radius 1 is 1.00 bits per heavy atom. The van der Waals surface area contributed by atoms with Gasteiger partial charge in [-0.15, -0.1) is 0 Å². The zero-order valence-corrected chi connectivity index (χ0v) is 17.7. The number of carbonyl (C=O) groups is 1. The molecule has 0 saturated heterocycles. The first-order valence-corrected chi connectivity index (χ1v) is 10.8. The number of rotatable bonds is 9. The van der Waals surface area contributed by atoms with Gasteiger partial charge in [0.1, 0.15) is 0 Å². The maximum Gasteiger partial charge on any atom is 0.254 e. The molecule has 28 heavy (non-hydrogen) atoms. The minimum absolute atomic E-state index is 0.0966. The molecule has 1 N–H and O–H groups in total. The summed E-state index contributed by atoms with van der Waals surface area (Å²) >= 11 is 0. The van der Waals surface area contributed by atoms with Crippen LogP contribution in [0.2, 0.25) is 0 Å². The van der Waals surface area contributed by atoms with Crippen LogP contribution >= 0.6 is 0 Å². The van der Waals surface area contributed by atoms with Crippen LogP contribution in [-0.4, -0.2) is 57.4 Å². The topological polar surface area (TPSA) is 69.7 Å². The molecule has 6 nitrogen and oxygen atoms in total. The maximum atomic E-state index is 13.2. The van der Waals surface area contributed by atoms with Crippen LogP contribution in [0.1, 0.15) is 29.8 Å². The quantitative estimate of drug-likeness (QED) is 0.699. The first-order chi connectivity index (χ1) is 13.2. The minimum atomic E-state index is -3.65. The summed E-state index contributed by atoms with van der Waals surface area (Å²) in [5.74, 6) is -0.188. The van der Waals surface area contributed by atoms with Crippen molar-refractivity contribution in [2.24, 2.45) is 0 Å². The third kappa shape index (κ3) is 6.44. The zero-order valence-electron chi connectivity index (χ0n) is 16.9. The number of benzene rings is 2. The van der Waals surface area contributed by atoms with Gasteiger partial charge in [-0.3, -0.25) is 4.79 Å². The van der Waals surface area contributed by atoms with Gasteiger partial charge in [-0.25, -0.2) is 13.1 Å². The van der Waals surface area contributed by atoms with E-state index < -0.39 is 10.0 Å². The van der Waals surface area contributed by atoms with E-state index in [4.69, 9.17) is 0 Å². The fourth-order valence-corrected chi connectivity index (χ4v) is 4.03. The molecule has 0 unspecified atom stereocenters. The second kappa shape index (κ2) is 9.82. The van der Waals surface area contributed by atoms with Crippen molar-refractivity contribution < 1.29 is 13.2 Å². The molecule has 2 rings (SSSR count). The van der Waals surface area contributed by atoms with Gasteiger partial charge >= 0.3 is 0 Å². The fraction of sp³-hybridized carbons (Fsp3) is 0.381. The van der Waals surface area contributed by atoms with Crippen molar-refractivity contribution in [3.63, 3.8) is 0 Å². The Morgan fingerprint density at radius 2 is 1.68 bits per heavy atom. The Bertz CT molecular complexity index is 881. The van der Waals surface area contributed by atoms with E-state index in [1.165, 1.54) is 12.1 Å². The highest BCUT2D eigenvalue weighted by molar-refractivity contribution is 7.89. The number of nitrogens with zero attached hydrogens (tertiary/aromatic N) is 2. The maximum absolute atomic E-state index is 13.2. The molecule has 152 valence electrons. The van der Waals surface area contributed by atoms with E-state index in [1.807, 2.05) is 49.3 Å². The Morgan fingerprint density at radius 3 is 2.29 bits per heavy atom. The van der Waals surface area contributed by atoms with Gasteiger partial charge in [0, 0.05) is 31.2 Å². The standard InChI is InChI=1S/C21H29N3O3S/c1-17(2)22-28(26,27)20-12-8-11-19(15-20)21(25)24(14-13-23(3)4)16-18-9-6-5-7-10-18/h5-12,15,17,22H,13-14,16H2,1-4H3. The average molecular weight is 404 g/mol. The van der Waals surface area contributed by atoms with Crippen molar-refractivity contribution >= 4 is 15.9 Å². The van der Waals surface area contributed by atoms with E-state index in [0.717, 1.165) is 5.56 Å². The normalized spacial score (nSPS) is 11.8. The minimum Gasteiger partial charge on any atom is -0.333 e. The summed E-state index contributed by atoms with van der Waals surface area (Å²) in [6.45, 7) is 5.24. The highest BCUT2D eigenvalue weighted by atomic mass is 32.2. The lowest BCUT2D eigenvalue weighted by atomic mass is 10.1. The molecule has 0 bridgehead atoms. The number of hydrogen-bond donors (Lipinski definition) is 1. The third-order valence-corrected chi connectivity index (χ3v) is 5.76. The van der Waals surface area contributed by atoms with Crippen LogP contribution in [-0.2, 0) is 16.6 Å². The first kappa shape index (κ1) is 22.1. The third-order valence-electron chi connectivity index (χ3n) is 4.10. The van der Waals surface area contributed by atoms with E-state index in [2.05, 4.69) is 4.72 Å². The largest absolute Gasteiger partial charge is 0.333 e. The molecule has 2 aromatic carbocycles. The molecular formula is C21H29N3O3S. The van der Waals surface area contributed by atoms with Crippen LogP contribution in [0.5, 0.6) is 0 Å². The van der Waals surface area contributed by atoms with Gasteiger partial charge in [0.05, 0.1) is 4.90 Å². The molecule has 0 aromatic heterocycles. The first-order valence-electron chi connectivity index (χ1n) is 9.29. The predicted molar refractivity (Wildman–Crippen MR) is 112 cm³/mol. The van der Waals surface area contributed by atoms with Crippen molar-refractivity contribution in [3.8, 4) is 0 Å². The molecule has 0 atom stereocenters. The smallest absolute Gasteiger partial charge is 0.254 e. The van der Waals surface area contributed by atoms with Crippen LogP contribution in [0.25, 0.3) is 0 Å². The second-order valence-corrected chi connectivity index (χ2v) is 9.03. The van der Waals surface area contributed by atoms with E-state index in [1.54, 1.807) is 30.9 Å². The molecule has 0 aliphatic carbocycles. The molecule has 0 heterocycles. The van der Waals surface area contributed by atoms with E-state index in [-0.39, 0.29) is 16.8 Å². The molecule has 0 radical (unpaired) electrons. The van der Waals surface area contributed by atoms with Gasteiger partial charge < -0.3 is 9.80 Å². The van der Waals surface area contributed by atoms with E-state index >= 15 is 0 Å². The summed E-state index contributed by atoms with van der Waals surface area (Å²) in [5, 5.41) is 0. The van der Waals surface area contributed by atoms with Crippen molar-refractivity contribution in [3.05, 3.63) is 65.7 Å².